The van der Waals surface area contributed by atoms with Crippen LogP contribution in [0.15, 0.2) is 95.9 Å². The summed E-state index contributed by atoms with van der Waals surface area (Å²) in [6, 6.07) is 28.0. The third-order valence-electron chi connectivity index (χ3n) is 7.01. The molecule has 2 N–H and O–H groups in total. The van der Waals surface area contributed by atoms with Gasteiger partial charge < -0.3 is 10.4 Å². The Morgan fingerprint density at radius 1 is 0.917 bits per heavy atom. The van der Waals surface area contributed by atoms with Crippen molar-refractivity contribution in [2.24, 2.45) is 0 Å². The summed E-state index contributed by atoms with van der Waals surface area (Å²) in [6.45, 7) is -0.00522. The number of carbonyl (C=O) groups is 1. The first-order chi connectivity index (χ1) is 17.4. The lowest BCUT2D eigenvalue weighted by molar-refractivity contribution is -0.122. The van der Waals surface area contributed by atoms with E-state index in [2.05, 4.69) is 5.32 Å². The molecule has 0 aliphatic heterocycles. The van der Waals surface area contributed by atoms with Crippen LogP contribution in [0.4, 0.5) is 0 Å². The highest BCUT2D eigenvalue weighted by Gasteiger charge is 2.28. The molecule has 5 nitrogen and oxygen atoms in total. The van der Waals surface area contributed by atoms with Gasteiger partial charge in [0, 0.05) is 12.3 Å². The number of carbonyl (C=O) groups excluding carboxylic acids is 1. The lowest BCUT2D eigenvalue weighted by Crippen LogP contribution is -2.30. The molecular weight excluding hydrogens is 470 g/mol. The molecule has 0 heterocycles. The summed E-state index contributed by atoms with van der Waals surface area (Å²) in [5.41, 5.74) is 3.91. The van der Waals surface area contributed by atoms with Gasteiger partial charge in [-0.3, -0.25) is 4.79 Å². The van der Waals surface area contributed by atoms with Crippen molar-refractivity contribution in [1.82, 2.24) is 5.32 Å². The summed E-state index contributed by atoms with van der Waals surface area (Å²) >= 11 is 0. The number of amides is 1. The summed E-state index contributed by atoms with van der Waals surface area (Å²) in [6.07, 6.45) is 1.71. The lowest BCUT2D eigenvalue weighted by atomic mass is 9.97. The molecule has 2 unspecified atom stereocenters. The number of hydrogen-bond acceptors (Lipinski definition) is 4. The fourth-order valence-electron chi connectivity index (χ4n) is 5.12. The van der Waals surface area contributed by atoms with Gasteiger partial charge >= 0.3 is 0 Å². The molecule has 1 amide bonds. The molecule has 2 atom stereocenters. The second kappa shape index (κ2) is 10.2. The molecule has 0 aromatic heterocycles. The van der Waals surface area contributed by atoms with Gasteiger partial charge in [0.2, 0.25) is 5.91 Å². The van der Waals surface area contributed by atoms with Crippen LogP contribution in [0.3, 0.4) is 0 Å². The normalized spacial score (nSPS) is 16.0. The maximum Gasteiger partial charge on any atom is 0.221 e. The molecule has 0 fully saturated rings. The number of fused-ring (bicyclic) bond motifs is 2. The van der Waals surface area contributed by atoms with Crippen LogP contribution in [0.5, 0.6) is 0 Å². The summed E-state index contributed by atoms with van der Waals surface area (Å²) in [5, 5.41) is 14.4. The second-order valence-corrected chi connectivity index (χ2v) is 11.5. The van der Waals surface area contributed by atoms with Crippen molar-refractivity contribution in [3.8, 4) is 0 Å². The maximum absolute atomic E-state index is 13.5. The number of benzene rings is 4. The first-order valence-electron chi connectivity index (χ1n) is 12.2. The molecule has 184 valence electrons. The quantitative estimate of drug-likeness (QED) is 0.354. The Hall–Kier alpha value is -3.48. The zero-order valence-corrected chi connectivity index (χ0v) is 20.7. The largest absolute Gasteiger partial charge is 0.392 e. The Morgan fingerprint density at radius 3 is 2.44 bits per heavy atom. The minimum Gasteiger partial charge on any atom is -0.392 e. The van der Waals surface area contributed by atoms with E-state index in [1.54, 1.807) is 12.1 Å². The molecule has 0 spiro atoms. The Labute approximate surface area is 211 Å². The Morgan fingerprint density at radius 2 is 1.67 bits per heavy atom. The zero-order valence-electron chi connectivity index (χ0n) is 19.9. The van der Waals surface area contributed by atoms with Crippen molar-refractivity contribution in [3.63, 3.8) is 0 Å². The van der Waals surface area contributed by atoms with Gasteiger partial charge in [-0.15, -0.1) is 0 Å². The van der Waals surface area contributed by atoms with E-state index in [9.17, 15) is 18.3 Å². The summed E-state index contributed by atoms with van der Waals surface area (Å²) in [4.78, 5) is 13.4. The predicted molar refractivity (Wildman–Crippen MR) is 141 cm³/mol. The lowest BCUT2D eigenvalue weighted by Gasteiger charge is -2.20. The number of aliphatic hydroxyl groups is 1. The number of hydrogen-bond donors (Lipinski definition) is 2. The van der Waals surface area contributed by atoms with E-state index in [1.807, 2.05) is 78.9 Å². The van der Waals surface area contributed by atoms with Gasteiger partial charge in [0.15, 0.2) is 9.84 Å². The molecule has 1 aliphatic rings. The van der Waals surface area contributed by atoms with Crippen LogP contribution in [0.2, 0.25) is 0 Å². The molecular formula is C30H29NO4S. The fraction of sp³-hybridized carbons (Fsp3) is 0.233. The monoisotopic (exact) mass is 499 g/mol. The Balaban J connectivity index is 1.36. The molecule has 4 aromatic rings. The van der Waals surface area contributed by atoms with E-state index in [0.717, 1.165) is 45.9 Å². The second-order valence-electron chi connectivity index (χ2n) is 9.45. The topological polar surface area (TPSA) is 83.5 Å². The van der Waals surface area contributed by atoms with Crippen LogP contribution >= 0.6 is 0 Å². The number of aryl methyl sites for hydroxylation is 1. The van der Waals surface area contributed by atoms with E-state index >= 15 is 0 Å². The summed E-state index contributed by atoms with van der Waals surface area (Å²) in [5.74, 6) is -0.786. The minimum absolute atomic E-state index is 0.00522. The molecule has 0 radical (unpaired) electrons. The Bertz CT molecular complexity index is 1500. The maximum atomic E-state index is 13.5. The molecule has 0 saturated carbocycles. The zero-order chi connectivity index (χ0) is 25.1. The molecule has 4 aromatic carbocycles. The van der Waals surface area contributed by atoms with Crippen LogP contribution < -0.4 is 5.32 Å². The van der Waals surface area contributed by atoms with E-state index in [-0.39, 0.29) is 35.6 Å². The first kappa shape index (κ1) is 24.2. The smallest absolute Gasteiger partial charge is 0.221 e. The summed E-state index contributed by atoms with van der Waals surface area (Å²) in [7, 11) is -3.63. The first-order valence-corrected chi connectivity index (χ1v) is 13.9. The summed E-state index contributed by atoms with van der Waals surface area (Å²) < 4.78 is 26.9. The molecule has 1 aliphatic carbocycles. The number of sulfone groups is 1. The van der Waals surface area contributed by atoms with Gasteiger partial charge in [0.05, 0.1) is 23.3 Å². The van der Waals surface area contributed by atoms with Crippen molar-refractivity contribution >= 4 is 26.5 Å². The van der Waals surface area contributed by atoms with Gasteiger partial charge in [-0.25, -0.2) is 8.42 Å². The van der Waals surface area contributed by atoms with Gasteiger partial charge in [0.1, 0.15) is 0 Å². The average Bonchev–Trinajstić information content (AvgIpc) is 3.30. The minimum atomic E-state index is -3.63. The third kappa shape index (κ3) is 5.20. The average molecular weight is 500 g/mol. The van der Waals surface area contributed by atoms with Crippen molar-refractivity contribution in [2.75, 3.05) is 5.75 Å². The van der Waals surface area contributed by atoms with Crippen LogP contribution in [0.25, 0.3) is 10.8 Å². The molecule has 36 heavy (non-hydrogen) atoms. The number of aliphatic hydroxyl groups excluding tert-OH is 1. The SMILES string of the molecule is O=C(CC(CS(=O)(=O)c1ccc2ccccc2c1)c1ccccc1)NC1CCc2cc(CO)ccc21. The van der Waals surface area contributed by atoms with Crippen LogP contribution in [-0.4, -0.2) is 25.2 Å². The van der Waals surface area contributed by atoms with Crippen molar-refractivity contribution < 1.29 is 18.3 Å². The van der Waals surface area contributed by atoms with E-state index in [1.165, 1.54) is 0 Å². The van der Waals surface area contributed by atoms with Crippen molar-refractivity contribution in [3.05, 3.63) is 113 Å². The van der Waals surface area contributed by atoms with Crippen molar-refractivity contribution in [1.29, 1.82) is 0 Å². The Kier molecular flexibility index (Phi) is 6.90. The van der Waals surface area contributed by atoms with Crippen LogP contribution in [-0.2, 0) is 27.7 Å². The standard InChI is InChI=1S/C30H29NO4S/c32-19-21-10-14-28-25(16-21)12-15-29(28)31-30(33)18-26(22-6-2-1-3-7-22)20-36(34,35)27-13-11-23-8-4-5-9-24(23)17-27/h1-11,13-14,16-17,26,29,32H,12,15,18-20H2,(H,31,33). The molecule has 5 rings (SSSR count). The van der Waals surface area contributed by atoms with E-state index in [4.69, 9.17) is 0 Å². The number of nitrogens with one attached hydrogen (secondary N) is 1. The highest BCUT2D eigenvalue weighted by molar-refractivity contribution is 7.91. The van der Waals surface area contributed by atoms with E-state index < -0.39 is 15.8 Å². The van der Waals surface area contributed by atoms with E-state index in [0.29, 0.717) is 0 Å². The van der Waals surface area contributed by atoms with Gasteiger partial charge in [-0.1, -0.05) is 78.9 Å². The van der Waals surface area contributed by atoms with Crippen molar-refractivity contribution in [2.45, 2.75) is 42.7 Å². The predicted octanol–water partition coefficient (Wildman–Crippen LogP) is 5.08. The highest BCUT2D eigenvalue weighted by Crippen LogP contribution is 2.33. The molecule has 0 saturated heterocycles. The number of rotatable bonds is 8. The third-order valence-corrected chi connectivity index (χ3v) is 8.82. The van der Waals surface area contributed by atoms with Gasteiger partial charge in [0.25, 0.3) is 0 Å². The highest BCUT2D eigenvalue weighted by atomic mass is 32.2. The van der Waals surface area contributed by atoms with Crippen LogP contribution in [0.1, 0.15) is 47.1 Å². The van der Waals surface area contributed by atoms with Gasteiger partial charge in [-0.2, -0.15) is 0 Å². The fourth-order valence-corrected chi connectivity index (χ4v) is 6.73. The molecule has 6 heteroatoms. The van der Waals surface area contributed by atoms with Crippen LogP contribution in [0, 0.1) is 0 Å². The molecule has 0 bridgehead atoms. The van der Waals surface area contributed by atoms with Gasteiger partial charge in [-0.05, 0) is 58.0 Å².